The van der Waals surface area contributed by atoms with Crippen molar-refractivity contribution in [3.63, 3.8) is 0 Å². The number of aromatic nitrogens is 1. The first kappa shape index (κ1) is 14.0. The highest BCUT2D eigenvalue weighted by Gasteiger charge is 2.09. The number of carboxylic acids is 1. The Kier molecular flexibility index (Phi) is 4.31. The summed E-state index contributed by atoms with van der Waals surface area (Å²) in [4.78, 5) is 23.0. The topological polar surface area (TPSA) is 92.4 Å². The number of aryl methyl sites for hydroxylation is 1. The van der Waals surface area contributed by atoms with E-state index in [2.05, 4.69) is 10.5 Å². The lowest BCUT2D eigenvalue weighted by Crippen LogP contribution is -2.22. The fourth-order valence-corrected chi connectivity index (χ4v) is 2.27. The van der Waals surface area contributed by atoms with Crippen LogP contribution in [-0.2, 0) is 11.3 Å². The Hall–Kier alpha value is -2.41. The maximum atomic E-state index is 11.9. The fourth-order valence-electron chi connectivity index (χ4n) is 1.49. The van der Waals surface area contributed by atoms with Gasteiger partial charge in [-0.3, -0.25) is 4.79 Å². The molecule has 104 valence electrons. The molecule has 1 amide bonds. The lowest BCUT2D eigenvalue weighted by Gasteiger charge is -1.99. The van der Waals surface area contributed by atoms with E-state index in [0.717, 1.165) is 6.08 Å². The second-order valence-electron chi connectivity index (χ2n) is 4.02. The van der Waals surface area contributed by atoms with E-state index in [0.29, 0.717) is 21.9 Å². The summed E-state index contributed by atoms with van der Waals surface area (Å²) in [5.74, 6) is -0.575. The lowest BCUT2D eigenvalue weighted by molar-refractivity contribution is -0.131. The van der Waals surface area contributed by atoms with E-state index in [-0.39, 0.29) is 12.5 Å². The zero-order chi connectivity index (χ0) is 14.5. The molecule has 2 N–H and O–H groups in total. The second-order valence-corrected chi connectivity index (χ2v) is 4.96. The van der Waals surface area contributed by atoms with E-state index in [4.69, 9.17) is 9.63 Å². The van der Waals surface area contributed by atoms with Crippen molar-refractivity contribution < 1.29 is 19.2 Å². The van der Waals surface area contributed by atoms with E-state index in [1.807, 2.05) is 0 Å². The Balaban J connectivity index is 1.94. The highest BCUT2D eigenvalue weighted by atomic mass is 32.1. The number of carbonyl (C=O) groups excluding carboxylic acids is 1. The average Bonchev–Trinajstić information content (AvgIpc) is 3.02. The summed E-state index contributed by atoms with van der Waals surface area (Å²) in [5.41, 5.74) is 1.14. The molecule has 2 aromatic rings. The van der Waals surface area contributed by atoms with Gasteiger partial charge in [-0.1, -0.05) is 5.16 Å². The van der Waals surface area contributed by atoms with E-state index in [9.17, 15) is 9.59 Å². The van der Waals surface area contributed by atoms with Crippen LogP contribution in [0.4, 0.5) is 0 Å². The highest BCUT2D eigenvalue weighted by molar-refractivity contribution is 7.11. The first-order chi connectivity index (χ1) is 9.54. The van der Waals surface area contributed by atoms with Crippen molar-refractivity contribution in [1.29, 1.82) is 0 Å². The molecular weight excluding hydrogens is 280 g/mol. The maximum absolute atomic E-state index is 11.9. The van der Waals surface area contributed by atoms with Crippen LogP contribution < -0.4 is 5.32 Å². The van der Waals surface area contributed by atoms with Crippen LogP contribution in [0.25, 0.3) is 6.08 Å². The summed E-state index contributed by atoms with van der Waals surface area (Å²) < 4.78 is 4.90. The number of amides is 1. The molecule has 2 aromatic heterocycles. The van der Waals surface area contributed by atoms with Crippen molar-refractivity contribution in [2.24, 2.45) is 0 Å². The molecule has 0 aliphatic carbocycles. The van der Waals surface area contributed by atoms with E-state index < -0.39 is 5.97 Å². The minimum absolute atomic E-state index is 0.239. The number of aliphatic carboxylic acids is 1. The van der Waals surface area contributed by atoms with Crippen molar-refractivity contribution >= 4 is 29.3 Å². The van der Waals surface area contributed by atoms with Crippen LogP contribution in [0.3, 0.4) is 0 Å². The summed E-state index contributed by atoms with van der Waals surface area (Å²) in [6.07, 6.45) is 2.48. The summed E-state index contributed by atoms with van der Waals surface area (Å²) in [6.45, 7) is 2.06. The van der Waals surface area contributed by atoms with Gasteiger partial charge in [-0.15, -0.1) is 11.3 Å². The van der Waals surface area contributed by atoms with Crippen LogP contribution in [0, 0.1) is 6.92 Å². The number of hydrogen-bond acceptors (Lipinski definition) is 5. The van der Waals surface area contributed by atoms with Crippen molar-refractivity contribution in [2.75, 3.05) is 0 Å². The van der Waals surface area contributed by atoms with Gasteiger partial charge in [0.1, 0.15) is 11.5 Å². The minimum Gasteiger partial charge on any atom is -0.478 e. The molecular formula is C13H12N2O4S. The first-order valence-electron chi connectivity index (χ1n) is 5.74. The predicted octanol–water partition coefficient (Wildman–Crippen LogP) is 2.07. The summed E-state index contributed by atoms with van der Waals surface area (Å²) in [5, 5.41) is 16.7. The van der Waals surface area contributed by atoms with Gasteiger partial charge in [0.15, 0.2) is 0 Å². The monoisotopic (exact) mass is 292 g/mol. The third-order valence-electron chi connectivity index (χ3n) is 2.38. The normalized spacial score (nSPS) is 10.8. The van der Waals surface area contributed by atoms with Crippen molar-refractivity contribution in [3.8, 4) is 0 Å². The Morgan fingerprint density at radius 1 is 1.50 bits per heavy atom. The van der Waals surface area contributed by atoms with Gasteiger partial charge in [0, 0.05) is 22.4 Å². The van der Waals surface area contributed by atoms with Gasteiger partial charge >= 0.3 is 5.97 Å². The van der Waals surface area contributed by atoms with Crippen LogP contribution in [0.15, 0.2) is 28.1 Å². The van der Waals surface area contributed by atoms with E-state index in [1.165, 1.54) is 17.4 Å². The number of nitrogens with one attached hydrogen (secondary N) is 1. The zero-order valence-electron chi connectivity index (χ0n) is 10.6. The molecule has 0 saturated carbocycles. The largest absolute Gasteiger partial charge is 0.478 e. The van der Waals surface area contributed by atoms with Gasteiger partial charge in [0.05, 0.1) is 12.1 Å². The van der Waals surface area contributed by atoms with Crippen molar-refractivity contribution in [2.45, 2.75) is 13.5 Å². The molecule has 2 rings (SSSR count). The molecule has 0 aromatic carbocycles. The number of nitrogens with zero attached hydrogens (tertiary/aromatic N) is 1. The molecule has 0 unspecified atom stereocenters. The number of rotatable bonds is 5. The fraction of sp³-hybridized carbons (Fsp3) is 0.154. The number of thiophene rings is 1. The number of carboxylic acid groups (broad SMARTS) is 1. The second kappa shape index (κ2) is 6.16. The number of hydrogen-bond donors (Lipinski definition) is 2. The molecule has 7 heteroatoms. The van der Waals surface area contributed by atoms with E-state index >= 15 is 0 Å². The minimum atomic E-state index is -1.02. The molecule has 0 saturated heterocycles. The SMILES string of the molecule is Cc1cc(CNC(=O)c2csc(C=CC(=O)O)c2)no1. The van der Waals surface area contributed by atoms with Crippen LogP contribution in [0.1, 0.15) is 26.7 Å². The average molecular weight is 292 g/mol. The highest BCUT2D eigenvalue weighted by Crippen LogP contribution is 2.16. The van der Waals surface area contributed by atoms with Crippen LogP contribution in [-0.4, -0.2) is 22.1 Å². The van der Waals surface area contributed by atoms with Crippen molar-refractivity contribution in [3.05, 3.63) is 45.5 Å². The Morgan fingerprint density at radius 2 is 2.30 bits per heavy atom. The molecule has 0 aliphatic rings. The van der Waals surface area contributed by atoms with Gasteiger partial charge in [0.25, 0.3) is 5.91 Å². The Labute approximate surface area is 118 Å². The molecule has 0 radical (unpaired) electrons. The third kappa shape index (κ3) is 3.79. The van der Waals surface area contributed by atoms with Crippen LogP contribution in [0.2, 0.25) is 0 Å². The first-order valence-corrected chi connectivity index (χ1v) is 6.62. The molecule has 20 heavy (non-hydrogen) atoms. The predicted molar refractivity (Wildman–Crippen MR) is 73.4 cm³/mol. The Morgan fingerprint density at radius 3 is 2.95 bits per heavy atom. The summed E-state index contributed by atoms with van der Waals surface area (Å²) in [6, 6.07) is 3.38. The van der Waals surface area contributed by atoms with Gasteiger partial charge in [-0.2, -0.15) is 0 Å². The smallest absolute Gasteiger partial charge is 0.328 e. The van der Waals surface area contributed by atoms with E-state index in [1.54, 1.807) is 24.4 Å². The summed E-state index contributed by atoms with van der Waals surface area (Å²) >= 11 is 1.30. The molecule has 0 spiro atoms. The van der Waals surface area contributed by atoms with Gasteiger partial charge in [-0.05, 0) is 19.1 Å². The lowest BCUT2D eigenvalue weighted by atomic mass is 10.2. The quantitative estimate of drug-likeness (QED) is 0.823. The van der Waals surface area contributed by atoms with Crippen LogP contribution >= 0.6 is 11.3 Å². The maximum Gasteiger partial charge on any atom is 0.328 e. The molecule has 0 aliphatic heterocycles. The third-order valence-corrected chi connectivity index (χ3v) is 3.28. The summed E-state index contributed by atoms with van der Waals surface area (Å²) in [7, 11) is 0. The van der Waals surface area contributed by atoms with Gasteiger partial charge in [-0.25, -0.2) is 4.79 Å². The molecule has 0 atom stereocenters. The molecule has 6 nitrogen and oxygen atoms in total. The molecule has 0 fully saturated rings. The molecule has 2 heterocycles. The standard InChI is InChI=1S/C13H12N2O4S/c1-8-4-10(15-19-8)6-14-13(18)9-5-11(20-7-9)2-3-12(16)17/h2-5,7H,6H2,1H3,(H,14,18)(H,16,17). The zero-order valence-corrected chi connectivity index (χ0v) is 11.4. The Bertz CT molecular complexity index is 657. The van der Waals surface area contributed by atoms with Crippen LogP contribution in [0.5, 0.6) is 0 Å². The number of carbonyl (C=O) groups is 2. The molecule has 0 bridgehead atoms. The van der Waals surface area contributed by atoms with Gasteiger partial charge in [0.2, 0.25) is 0 Å². The van der Waals surface area contributed by atoms with Crippen molar-refractivity contribution in [1.82, 2.24) is 10.5 Å². The van der Waals surface area contributed by atoms with Gasteiger partial charge < -0.3 is 14.9 Å².